The number of nitrogens with one attached hydrogen (secondary N) is 3. The van der Waals surface area contributed by atoms with Gasteiger partial charge in [0, 0.05) is 22.5 Å². The van der Waals surface area contributed by atoms with Crippen LogP contribution in [0.25, 0.3) is 10.9 Å². The van der Waals surface area contributed by atoms with Gasteiger partial charge in [0.25, 0.3) is 5.91 Å². The maximum absolute atomic E-state index is 12.3. The van der Waals surface area contributed by atoms with Crippen LogP contribution < -0.4 is 10.6 Å². The van der Waals surface area contributed by atoms with E-state index in [0.29, 0.717) is 5.02 Å². The maximum Gasteiger partial charge on any atom is 0.322 e. The highest BCUT2D eigenvalue weighted by molar-refractivity contribution is 6.31. The fourth-order valence-corrected chi connectivity index (χ4v) is 2.87. The van der Waals surface area contributed by atoms with Crippen LogP contribution in [-0.4, -0.2) is 51.7 Å². The van der Waals surface area contributed by atoms with Crippen LogP contribution >= 0.6 is 11.6 Å². The summed E-state index contributed by atoms with van der Waals surface area (Å²) in [6.07, 6.45) is 0.274. The summed E-state index contributed by atoms with van der Waals surface area (Å²) in [4.78, 5) is 38.0. The molecule has 0 radical (unpaired) electrons. The van der Waals surface area contributed by atoms with E-state index < -0.39 is 29.9 Å². The summed E-state index contributed by atoms with van der Waals surface area (Å²) in [6.45, 7) is 3.43. The van der Waals surface area contributed by atoms with Crippen LogP contribution in [0.2, 0.25) is 5.02 Å². The third kappa shape index (κ3) is 5.70. The highest BCUT2D eigenvalue weighted by atomic mass is 35.5. The van der Waals surface area contributed by atoms with Crippen molar-refractivity contribution in [2.24, 2.45) is 5.92 Å². The van der Waals surface area contributed by atoms with E-state index in [9.17, 15) is 24.6 Å². The second kappa shape index (κ2) is 8.88. The van der Waals surface area contributed by atoms with Crippen LogP contribution in [0.3, 0.4) is 0 Å². The van der Waals surface area contributed by atoms with Gasteiger partial charge in [0.2, 0.25) is 0 Å². The van der Waals surface area contributed by atoms with Crippen LogP contribution in [0.5, 0.6) is 0 Å². The van der Waals surface area contributed by atoms with Crippen LogP contribution in [0.15, 0.2) is 24.3 Å². The number of carboxylic acids is 2. The molecule has 27 heavy (non-hydrogen) atoms. The van der Waals surface area contributed by atoms with Gasteiger partial charge in [0.15, 0.2) is 0 Å². The zero-order valence-electron chi connectivity index (χ0n) is 15.0. The number of hydrogen-bond donors (Lipinski definition) is 5. The minimum atomic E-state index is -1.24. The number of amides is 1. The molecule has 8 nitrogen and oxygen atoms in total. The molecule has 0 bridgehead atoms. The second-order valence-corrected chi connectivity index (χ2v) is 7.14. The Bertz CT molecular complexity index is 849. The Balaban J connectivity index is 2.04. The number of hydrogen-bond acceptors (Lipinski definition) is 4. The Kier molecular flexibility index (Phi) is 6.81. The van der Waals surface area contributed by atoms with Crippen molar-refractivity contribution in [1.82, 2.24) is 15.6 Å². The van der Waals surface area contributed by atoms with Crippen molar-refractivity contribution in [3.8, 4) is 0 Å². The number of benzene rings is 1. The predicted molar refractivity (Wildman–Crippen MR) is 101 cm³/mol. The number of carbonyl (C=O) groups excluding carboxylic acids is 1. The molecule has 146 valence electrons. The molecule has 0 unspecified atom stereocenters. The van der Waals surface area contributed by atoms with E-state index in [1.807, 2.05) is 13.8 Å². The van der Waals surface area contributed by atoms with Gasteiger partial charge in [0.05, 0.1) is 0 Å². The van der Waals surface area contributed by atoms with E-state index in [-0.39, 0.29) is 24.6 Å². The van der Waals surface area contributed by atoms with Crippen molar-refractivity contribution in [3.63, 3.8) is 0 Å². The molecule has 9 heteroatoms. The van der Waals surface area contributed by atoms with Crippen molar-refractivity contribution in [3.05, 3.63) is 35.0 Å². The molecule has 2 rings (SSSR count). The monoisotopic (exact) mass is 395 g/mol. The molecule has 0 saturated heterocycles. The van der Waals surface area contributed by atoms with Crippen molar-refractivity contribution < 1.29 is 24.6 Å². The lowest BCUT2D eigenvalue weighted by Crippen LogP contribution is -2.52. The molecule has 0 aliphatic carbocycles. The minimum Gasteiger partial charge on any atom is -0.480 e. The summed E-state index contributed by atoms with van der Waals surface area (Å²) in [5.74, 6) is -2.80. The molecule has 0 aliphatic heterocycles. The smallest absolute Gasteiger partial charge is 0.322 e. The van der Waals surface area contributed by atoms with Gasteiger partial charge < -0.3 is 20.5 Å². The average Bonchev–Trinajstić information content (AvgIpc) is 2.99. The molecule has 0 spiro atoms. The first-order chi connectivity index (χ1) is 12.7. The molecule has 2 aromatic rings. The van der Waals surface area contributed by atoms with Gasteiger partial charge in [-0.3, -0.25) is 19.7 Å². The lowest BCUT2D eigenvalue weighted by molar-refractivity contribution is -0.142. The summed E-state index contributed by atoms with van der Waals surface area (Å²) in [5.41, 5.74) is 0.980. The van der Waals surface area contributed by atoms with Gasteiger partial charge in [-0.15, -0.1) is 0 Å². The Hall–Kier alpha value is -2.58. The average molecular weight is 396 g/mol. The number of fused-ring (bicyclic) bond motifs is 1. The topological polar surface area (TPSA) is 132 Å². The Morgan fingerprint density at radius 2 is 1.78 bits per heavy atom. The zero-order valence-corrected chi connectivity index (χ0v) is 15.7. The van der Waals surface area contributed by atoms with E-state index >= 15 is 0 Å². The Morgan fingerprint density at radius 1 is 1.11 bits per heavy atom. The molecular formula is C18H22ClN3O5. The third-order valence-corrected chi connectivity index (χ3v) is 4.23. The highest BCUT2D eigenvalue weighted by Crippen LogP contribution is 2.20. The fraction of sp³-hybridized carbons (Fsp3) is 0.389. The first kappa shape index (κ1) is 20.7. The first-order valence-electron chi connectivity index (χ1n) is 8.45. The minimum absolute atomic E-state index is 0.0702. The van der Waals surface area contributed by atoms with Crippen LogP contribution in [0.4, 0.5) is 0 Å². The lowest BCUT2D eigenvalue weighted by Gasteiger charge is -2.21. The van der Waals surface area contributed by atoms with Gasteiger partial charge in [-0.1, -0.05) is 25.4 Å². The predicted octanol–water partition coefficient (Wildman–Crippen LogP) is 2.09. The number of H-pyrrole nitrogens is 1. The van der Waals surface area contributed by atoms with E-state index in [1.54, 1.807) is 24.3 Å². The van der Waals surface area contributed by atoms with Crippen molar-refractivity contribution in [2.75, 3.05) is 6.54 Å². The molecule has 1 heterocycles. The maximum atomic E-state index is 12.3. The summed E-state index contributed by atoms with van der Waals surface area (Å²) < 4.78 is 0. The van der Waals surface area contributed by atoms with Gasteiger partial charge in [-0.25, -0.2) is 0 Å². The number of rotatable bonds is 9. The van der Waals surface area contributed by atoms with Gasteiger partial charge >= 0.3 is 11.9 Å². The Morgan fingerprint density at radius 3 is 2.37 bits per heavy atom. The normalized spacial score (nSPS) is 13.5. The molecule has 0 saturated carbocycles. The van der Waals surface area contributed by atoms with Crippen molar-refractivity contribution in [2.45, 2.75) is 32.4 Å². The molecule has 0 fully saturated rings. The zero-order chi connectivity index (χ0) is 20.1. The molecule has 1 aromatic heterocycles. The molecule has 5 N–H and O–H groups in total. The molecule has 0 aliphatic rings. The number of aromatic amines is 1. The number of halogens is 1. The third-order valence-electron chi connectivity index (χ3n) is 4.00. The lowest BCUT2D eigenvalue weighted by atomic mass is 10.0. The van der Waals surface area contributed by atoms with Crippen molar-refractivity contribution in [1.29, 1.82) is 0 Å². The summed E-state index contributed by atoms with van der Waals surface area (Å²) in [5, 5.41) is 25.0. The molecule has 1 aromatic carbocycles. The first-order valence-corrected chi connectivity index (χ1v) is 8.83. The van der Waals surface area contributed by atoms with Crippen molar-refractivity contribution >= 4 is 40.3 Å². The summed E-state index contributed by atoms with van der Waals surface area (Å²) >= 11 is 5.92. The largest absolute Gasteiger partial charge is 0.480 e. The van der Waals surface area contributed by atoms with E-state index in [2.05, 4.69) is 15.6 Å². The SMILES string of the molecule is CC(C)C[C@H](N[C@@H](CNC(=O)c1cc2cc(Cl)ccc2[nH]1)C(=O)O)C(=O)O. The van der Waals surface area contributed by atoms with Crippen LogP contribution in [0, 0.1) is 5.92 Å². The van der Waals surface area contributed by atoms with Crippen LogP contribution in [-0.2, 0) is 9.59 Å². The number of carboxylic acid groups (broad SMARTS) is 2. The molecule has 2 atom stereocenters. The standard InChI is InChI=1S/C18H22ClN3O5/c1-9(2)5-14(17(24)25)22-15(18(26)27)8-20-16(23)13-7-10-6-11(19)3-4-12(10)21-13/h3-4,6-7,9,14-15,21-22H,5,8H2,1-2H3,(H,20,23)(H,24,25)(H,26,27)/t14-,15-/m0/s1. The van der Waals surface area contributed by atoms with E-state index in [0.717, 1.165) is 10.9 Å². The number of aromatic nitrogens is 1. The highest BCUT2D eigenvalue weighted by Gasteiger charge is 2.27. The van der Waals surface area contributed by atoms with E-state index in [1.165, 1.54) is 0 Å². The number of carbonyl (C=O) groups is 3. The van der Waals surface area contributed by atoms with E-state index in [4.69, 9.17) is 11.6 Å². The van der Waals surface area contributed by atoms with Crippen LogP contribution in [0.1, 0.15) is 30.8 Å². The fourth-order valence-electron chi connectivity index (χ4n) is 2.69. The second-order valence-electron chi connectivity index (χ2n) is 6.70. The van der Waals surface area contributed by atoms with Gasteiger partial charge in [-0.05, 0) is 36.6 Å². The summed E-state index contributed by atoms with van der Waals surface area (Å²) in [6, 6.07) is 4.49. The quantitative estimate of drug-likeness (QED) is 0.441. The Labute approximate surface area is 160 Å². The van der Waals surface area contributed by atoms with Gasteiger partial charge in [-0.2, -0.15) is 0 Å². The molecule has 1 amide bonds. The molecular weight excluding hydrogens is 374 g/mol. The number of aliphatic carboxylic acids is 2. The summed E-state index contributed by atoms with van der Waals surface area (Å²) in [7, 11) is 0. The van der Waals surface area contributed by atoms with Gasteiger partial charge in [0.1, 0.15) is 17.8 Å².